The van der Waals surface area contributed by atoms with Crippen molar-refractivity contribution in [3.8, 4) is 0 Å². The van der Waals surface area contributed by atoms with Gasteiger partial charge >= 0.3 is 0 Å². The summed E-state index contributed by atoms with van der Waals surface area (Å²) in [5.41, 5.74) is 3.81. The van der Waals surface area contributed by atoms with E-state index in [1.807, 2.05) is 7.05 Å². The van der Waals surface area contributed by atoms with Crippen LogP contribution in [-0.4, -0.2) is 44.1 Å². The van der Waals surface area contributed by atoms with Crippen LogP contribution in [-0.2, 0) is 24.4 Å². The van der Waals surface area contributed by atoms with Crippen molar-refractivity contribution >= 4 is 29.9 Å². The van der Waals surface area contributed by atoms with Gasteiger partial charge in [0.2, 0.25) is 0 Å². The van der Waals surface area contributed by atoms with E-state index in [1.54, 1.807) is 7.11 Å². The summed E-state index contributed by atoms with van der Waals surface area (Å²) in [7, 11) is 3.56. The second kappa shape index (κ2) is 12.8. The molecule has 29 heavy (non-hydrogen) atoms. The van der Waals surface area contributed by atoms with Crippen LogP contribution in [0.4, 0.5) is 0 Å². The average Bonchev–Trinajstić information content (AvgIpc) is 2.74. The highest BCUT2D eigenvalue weighted by Crippen LogP contribution is 2.14. The second-order valence-electron chi connectivity index (χ2n) is 7.36. The van der Waals surface area contributed by atoms with Gasteiger partial charge in [-0.25, -0.2) is 0 Å². The predicted octanol–water partition coefficient (Wildman–Crippen LogP) is 3.78. The van der Waals surface area contributed by atoms with Gasteiger partial charge in [0.25, 0.3) is 0 Å². The zero-order valence-electron chi connectivity index (χ0n) is 17.4. The molecule has 2 aromatic rings. The molecule has 0 saturated carbocycles. The van der Waals surface area contributed by atoms with Gasteiger partial charge in [0, 0.05) is 46.4 Å². The van der Waals surface area contributed by atoms with Gasteiger partial charge in [0.15, 0.2) is 5.96 Å². The highest BCUT2D eigenvalue weighted by molar-refractivity contribution is 14.0. The molecule has 0 amide bonds. The van der Waals surface area contributed by atoms with Crippen molar-refractivity contribution in [1.82, 2.24) is 15.5 Å². The molecule has 1 aliphatic rings. The van der Waals surface area contributed by atoms with Crippen LogP contribution in [0.25, 0.3) is 0 Å². The Morgan fingerprint density at radius 1 is 1.03 bits per heavy atom. The Labute approximate surface area is 192 Å². The van der Waals surface area contributed by atoms with E-state index in [0.29, 0.717) is 12.6 Å². The Kier molecular flexibility index (Phi) is 10.5. The monoisotopic (exact) mass is 508 g/mol. The van der Waals surface area contributed by atoms with Gasteiger partial charge < -0.3 is 15.4 Å². The predicted molar refractivity (Wildman–Crippen MR) is 131 cm³/mol. The van der Waals surface area contributed by atoms with Crippen molar-refractivity contribution in [3.63, 3.8) is 0 Å². The Bertz CT molecular complexity index is 746. The summed E-state index contributed by atoms with van der Waals surface area (Å²) >= 11 is 0. The Balaban J connectivity index is 0.00000300. The highest BCUT2D eigenvalue weighted by Gasteiger charge is 2.20. The van der Waals surface area contributed by atoms with E-state index in [4.69, 9.17) is 4.74 Å². The maximum Gasteiger partial charge on any atom is 0.191 e. The molecule has 3 rings (SSSR count). The lowest BCUT2D eigenvalue weighted by molar-refractivity contribution is 0.185. The van der Waals surface area contributed by atoms with Crippen LogP contribution in [0.3, 0.4) is 0 Å². The van der Waals surface area contributed by atoms with Crippen molar-refractivity contribution in [3.05, 3.63) is 71.3 Å². The van der Waals surface area contributed by atoms with Crippen LogP contribution >= 0.6 is 24.0 Å². The first-order valence-electron chi connectivity index (χ1n) is 10.1. The first-order chi connectivity index (χ1) is 13.8. The third-order valence-electron chi connectivity index (χ3n) is 5.16. The summed E-state index contributed by atoms with van der Waals surface area (Å²) in [6.45, 7) is 4.66. The van der Waals surface area contributed by atoms with E-state index < -0.39 is 0 Å². The highest BCUT2D eigenvalue weighted by atomic mass is 127. The second-order valence-corrected chi connectivity index (χ2v) is 7.36. The quantitative estimate of drug-likeness (QED) is 0.340. The summed E-state index contributed by atoms with van der Waals surface area (Å²) in [6.07, 6.45) is 2.27. The molecular formula is C23H33IN4O. The lowest BCUT2D eigenvalue weighted by Crippen LogP contribution is -2.48. The molecule has 1 saturated heterocycles. The maximum atomic E-state index is 5.22. The molecule has 2 aromatic carbocycles. The van der Waals surface area contributed by atoms with Gasteiger partial charge in [0.1, 0.15) is 0 Å². The van der Waals surface area contributed by atoms with Gasteiger partial charge in [-0.2, -0.15) is 0 Å². The molecule has 5 nitrogen and oxygen atoms in total. The van der Waals surface area contributed by atoms with Gasteiger partial charge in [-0.05, 0) is 29.5 Å². The Morgan fingerprint density at radius 3 is 2.41 bits per heavy atom. The smallest absolute Gasteiger partial charge is 0.191 e. The number of hydrogen-bond acceptors (Lipinski definition) is 3. The standard InChI is InChI=1S/C23H32N4O.HI/c1-24-23(25-16-20-9-6-10-21(15-20)18-28-2)26-22-11-13-27(14-12-22)17-19-7-4-3-5-8-19;/h3-10,15,22H,11-14,16-18H2,1-2H3,(H2,24,25,26);1H. The molecule has 0 unspecified atom stereocenters. The van der Waals surface area contributed by atoms with Crippen LogP contribution in [0.15, 0.2) is 59.6 Å². The summed E-state index contributed by atoms with van der Waals surface area (Å²) in [5.74, 6) is 0.874. The molecule has 6 heteroatoms. The number of likely N-dealkylation sites (tertiary alicyclic amines) is 1. The van der Waals surface area contributed by atoms with Crippen molar-refractivity contribution in [1.29, 1.82) is 0 Å². The SMILES string of the molecule is CN=C(NCc1cccc(COC)c1)NC1CCN(Cc2ccccc2)CC1.I. The first-order valence-corrected chi connectivity index (χ1v) is 10.1. The third-order valence-corrected chi connectivity index (χ3v) is 5.16. The Hall–Kier alpha value is -1.64. The molecule has 158 valence electrons. The van der Waals surface area contributed by atoms with Gasteiger partial charge in [0.05, 0.1) is 6.61 Å². The van der Waals surface area contributed by atoms with Crippen LogP contribution in [0.2, 0.25) is 0 Å². The number of aliphatic imine (C=N–C) groups is 1. The minimum absolute atomic E-state index is 0. The van der Waals surface area contributed by atoms with Gasteiger partial charge in [-0.3, -0.25) is 9.89 Å². The number of hydrogen-bond donors (Lipinski definition) is 2. The van der Waals surface area contributed by atoms with Crippen LogP contribution < -0.4 is 10.6 Å². The summed E-state index contributed by atoms with van der Waals surface area (Å²) < 4.78 is 5.22. The van der Waals surface area contributed by atoms with Gasteiger partial charge in [-0.15, -0.1) is 24.0 Å². The largest absolute Gasteiger partial charge is 0.380 e. The molecule has 1 aliphatic heterocycles. The van der Waals surface area contributed by atoms with E-state index in [2.05, 4.69) is 75.1 Å². The molecule has 0 spiro atoms. The molecule has 0 aliphatic carbocycles. The minimum atomic E-state index is 0. The van der Waals surface area contributed by atoms with Crippen LogP contribution in [0.5, 0.6) is 0 Å². The van der Waals surface area contributed by atoms with Crippen molar-refractivity contribution < 1.29 is 4.74 Å². The number of rotatable bonds is 7. The lowest BCUT2D eigenvalue weighted by Gasteiger charge is -2.33. The van der Waals surface area contributed by atoms with Crippen molar-refractivity contribution in [2.24, 2.45) is 4.99 Å². The Morgan fingerprint density at radius 2 is 1.72 bits per heavy atom. The topological polar surface area (TPSA) is 48.9 Å². The number of piperidine rings is 1. The molecular weight excluding hydrogens is 475 g/mol. The van der Waals surface area contributed by atoms with E-state index in [1.165, 1.54) is 16.7 Å². The van der Waals surface area contributed by atoms with Crippen LogP contribution in [0.1, 0.15) is 29.5 Å². The zero-order chi connectivity index (χ0) is 19.6. The lowest BCUT2D eigenvalue weighted by atomic mass is 10.0. The van der Waals surface area contributed by atoms with Crippen molar-refractivity contribution in [2.45, 2.75) is 38.6 Å². The number of halogens is 1. The number of methoxy groups -OCH3 is 1. The first kappa shape index (κ1) is 23.6. The number of nitrogens with zero attached hydrogens (tertiary/aromatic N) is 2. The average molecular weight is 508 g/mol. The molecule has 2 N–H and O–H groups in total. The fourth-order valence-electron chi connectivity index (χ4n) is 3.65. The fraction of sp³-hybridized carbons (Fsp3) is 0.435. The third kappa shape index (κ3) is 7.95. The number of ether oxygens (including phenoxy) is 1. The molecule has 1 fully saturated rings. The van der Waals surface area contributed by atoms with Crippen LogP contribution in [0, 0.1) is 0 Å². The van der Waals surface area contributed by atoms with E-state index in [-0.39, 0.29) is 24.0 Å². The molecule has 0 radical (unpaired) electrons. The summed E-state index contributed by atoms with van der Waals surface area (Å²) in [6, 6.07) is 19.6. The maximum absolute atomic E-state index is 5.22. The normalized spacial score (nSPS) is 15.6. The number of nitrogens with one attached hydrogen (secondary N) is 2. The molecule has 0 atom stereocenters. The van der Waals surface area contributed by atoms with E-state index in [9.17, 15) is 0 Å². The summed E-state index contributed by atoms with van der Waals surface area (Å²) in [4.78, 5) is 6.93. The summed E-state index contributed by atoms with van der Waals surface area (Å²) in [5, 5.41) is 7.03. The molecule has 0 aromatic heterocycles. The molecule has 0 bridgehead atoms. The van der Waals surface area contributed by atoms with E-state index >= 15 is 0 Å². The minimum Gasteiger partial charge on any atom is -0.380 e. The van der Waals surface area contributed by atoms with Crippen molar-refractivity contribution in [2.75, 3.05) is 27.2 Å². The number of guanidine groups is 1. The molecule has 1 heterocycles. The fourth-order valence-corrected chi connectivity index (χ4v) is 3.65. The number of benzene rings is 2. The zero-order valence-corrected chi connectivity index (χ0v) is 19.8. The van der Waals surface area contributed by atoms with Gasteiger partial charge in [-0.1, -0.05) is 54.6 Å². The van der Waals surface area contributed by atoms with E-state index in [0.717, 1.165) is 45.0 Å².